The molecule has 22 heavy (non-hydrogen) atoms. The number of nitrogens with one attached hydrogen (secondary N) is 1. The van der Waals surface area contributed by atoms with Crippen LogP contribution in [0.15, 0.2) is 0 Å². The van der Waals surface area contributed by atoms with Gasteiger partial charge in [0.1, 0.15) is 5.01 Å². The first-order valence-electron chi connectivity index (χ1n) is 7.25. The van der Waals surface area contributed by atoms with Crippen molar-refractivity contribution < 1.29 is 14.3 Å². The van der Waals surface area contributed by atoms with E-state index in [0.717, 1.165) is 15.6 Å². The van der Waals surface area contributed by atoms with E-state index in [2.05, 4.69) is 10.3 Å². The van der Waals surface area contributed by atoms with Gasteiger partial charge in [0.15, 0.2) is 0 Å². The summed E-state index contributed by atoms with van der Waals surface area (Å²) in [5, 5.41) is 3.85. The van der Waals surface area contributed by atoms with Crippen molar-refractivity contribution in [3.8, 4) is 0 Å². The Labute approximate surface area is 134 Å². The number of likely N-dealkylation sites (tertiary alicyclic amines) is 1. The minimum absolute atomic E-state index is 0.0153. The van der Waals surface area contributed by atoms with Gasteiger partial charge in [-0.3, -0.25) is 9.59 Å². The quantitative estimate of drug-likeness (QED) is 0.890. The minimum Gasteiger partial charge on any atom is -0.378 e. The molecule has 122 valence electrons. The summed E-state index contributed by atoms with van der Waals surface area (Å²) < 4.78 is 5.07. The molecular weight excluding hydrogens is 302 g/mol. The van der Waals surface area contributed by atoms with Crippen LogP contribution in [0.1, 0.15) is 35.8 Å². The first-order chi connectivity index (χ1) is 10.3. The monoisotopic (exact) mass is 325 g/mol. The third kappa shape index (κ3) is 3.15. The Morgan fingerprint density at radius 3 is 2.77 bits per heavy atom. The van der Waals surface area contributed by atoms with Crippen LogP contribution in [-0.2, 0) is 27.5 Å². The van der Waals surface area contributed by atoms with Crippen molar-refractivity contribution in [1.82, 2.24) is 15.2 Å². The van der Waals surface area contributed by atoms with Crippen molar-refractivity contribution in [2.75, 3.05) is 14.2 Å². The summed E-state index contributed by atoms with van der Waals surface area (Å²) in [6.45, 7) is 6.70. The van der Waals surface area contributed by atoms with E-state index in [-0.39, 0.29) is 24.2 Å². The zero-order chi connectivity index (χ0) is 16.5. The number of thiazole rings is 1. The van der Waals surface area contributed by atoms with E-state index >= 15 is 0 Å². The number of hydrogen-bond acceptors (Lipinski definition) is 5. The fraction of sp³-hybridized carbons (Fsp3) is 0.667. The van der Waals surface area contributed by atoms with Crippen molar-refractivity contribution in [2.24, 2.45) is 5.92 Å². The van der Waals surface area contributed by atoms with E-state index in [4.69, 9.17) is 4.74 Å². The van der Waals surface area contributed by atoms with Crippen LogP contribution in [0.4, 0.5) is 0 Å². The second kappa shape index (κ2) is 6.34. The molecule has 0 aromatic carbocycles. The average Bonchev–Trinajstić information content (AvgIpc) is 2.89. The Kier molecular flexibility index (Phi) is 4.87. The molecule has 1 N–H and O–H groups in total. The number of nitrogens with zero attached hydrogens (tertiary/aromatic N) is 2. The normalized spacial score (nSPS) is 20.5. The summed E-state index contributed by atoms with van der Waals surface area (Å²) in [7, 11) is 3.38. The third-order valence-corrected chi connectivity index (χ3v) is 5.55. The molecule has 1 unspecified atom stereocenters. The molecule has 0 bridgehead atoms. The zero-order valence-electron chi connectivity index (χ0n) is 13.7. The SMILES string of the molecule is COCc1nc(C)c(CNC(=O)C2CC(=O)N(C)C2(C)C)s1. The van der Waals surface area contributed by atoms with Crippen LogP contribution in [0.3, 0.4) is 0 Å². The molecule has 7 heteroatoms. The van der Waals surface area contributed by atoms with Gasteiger partial charge < -0.3 is 15.0 Å². The molecule has 1 aromatic heterocycles. The maximum absolute atomic E-state index is 12.4. The number of methoxy groups -OCH3 is 1. The van der Waals surface area contributed by atoms with Crippen LogP contribution >= 0.6 is 11.3 Å². The number of aryl methyl sites for hydroxylation is 1. The van der Waals surface area contributed by atoms with E-state index < -0.39 is 5.54 Å². The second-order valence-electron chi connectivity index (χ2n) is 6.13. The van der Waals surface area contributed by atoms with Gasteiger partial charge in [0.25, 0.3) is 0 Å². The molecule has 0 aliphatic carbocycles. The fourth-order valence-electron chi connectivity index (χ4n) is 2.66. The molecule has 0 radical (unpaired) electrons. The summed E-state index contributed by atoms with van der Waals surface area (Å²) in [5.74, 6) is -0.387. The Bertz CT molecular complexity index is 583. The number of hydrogen-bond donors (Lipinski definition) is 1. The fourth-order valence-corrected chi connectivity index (χ4v) is 3.64. The molecule has 6 nitrogen and oxygen atoms in total. The van der Waals surface area contributed by atoms with Crippen LogP contribution < -0.4 is 5.32 Å². The number of aromatic nitrogens is 1. The van der Waals surface area contributed by atoms with Gasteiger partial charge in [0.2, 0.25) is 11.8 Å². The van der Waals surface area contributed by atoms with Gasteiger partial charge in [-0.2, -0.15) is 0 Å². The largest absolute Gasteiger partial charge is 0.378 e. The highest BCUT2D eigenvalue weighted by Crippen LogP contribution is 2.34. The van der Waals surface area contributed by atoms with Crippen molar-refractivity contribution in [1.29, 1.82) is 0 Å². The molecular formula is C15H23N3O3S. The topological polar surface area (TPSA) is 71.5 Å². The lowest BCUT2D eigenvalue weighted by Crippen LogP contribution is -2.46. The van der Waals surface area contributed by atoms with Crippen LogP contribution in [0, 0.1) is 12.8 Å². The average molecular weight is 325 g/mol. The Morgan fingerprint density at radius 2 is 2.23 bits per heavy atom. The first kappa shape index (κ1) is 16.9. The highest BCUT2D eigenvalue weighted by atomic mass is 32.1. The van der Waals surface area contributed by atoms with Crippen LogP contribution in [0.2, 0.25) is 0 Å². The van der Waals surface area contributed by atoms with Gasteiger partial charge in [-0.25, -0.2) is 4.98 Å². The lowest BCUT2D eigenvalue weighted by molar-refractivity contribution is -0.128. The third-order valence-electron chi connectivity index (χ3n) is 4.41. The highest BCUT2D eigenvalue weighted by Gasteiger charge is 2.47. The molecule has 0 spiro atoms. The summed E-state index contributed by atoms with van der Waals surface area (Å²) >= 11 is 1.54. The number of ether oxygens (including phenoxy) is 1. The summed E-state index contributed by atoms with van der Waals surface area (Å²) in [4.78, 5) is 31.4. The Hall–Kier alpha value is -1.47. The summed E-state index contributed by atoms with van der Waals surface area (Å²) in [6.07, 6.45) is 0.270. The lowest BCUT2D eigenvalue weighted by Gasteiger charge is -2.32. The maximum atomic E-state index is 12.4. The van der Waals surface area contributed by atoms with Gasteiger partial charge in [-0.05, 0) is 20.8 Å². The van der Waals surface area contributed by atoms with E-state index in [1.54, 1.807) is 30.4 Å². The number of amides is 2. The molecule has 1 fully saturated rings. The van der Waals surface area contributed by atoms with Crippen molar-refractivity contribution >= 4 is 23.2 Å². The van der Waals surface area contributed by atoms with Crippen molar-refractivity contribution in [2.45, 2.75) is 45.9 Å². The molecule has 1 aliphatic rings. The van der Waals surface area contributed by atoms with E-state index in [1.165, 1.54) is 0 Å². The van der Waals surface area contributed by atoms with Gasteiger partial charge in [-0.15, -0.1) is 11.3 Å². The standard InChI is InChI=1S/C15H23N3O3S/c1-9-11(22-12(17-9)8-21-5)7-16-14(20)10-6-13(19)18(4)15(10,2)3/h10H,6-8H2,1-5H3,(H,16,20). The molecule has 1 aromatic rings. The predicted molar refractivity (Wildman–Crippen MR) is 84.4 cm³/mol. The molecule has 2 rings (SSSR count). The van der Waals surface area contributed by atoms with Crippen LogP contribution in [0.5, 0.6) is 0 Å². The van der Waals surface area contributed by atoms with Gasteiger partial charge in [0, 0.05) is 31.0 Å². The van der Waals surface area contributed by atoms with E-state index in [9.17, 15) is 9.59 Å². The zero-order valence-corrected chi connectivity index (χ0v) is 14.5. The van der Waals surface area contributed by atoms with Crippen molar-refractivity contribution in [3.63, 3.8) is 0 Å². The first-order valence-corrected chi connectivity index (χ1v) is 8.07. The molecule has 1 atom stereocenters. The molecule has 2 heterocycles. The molecule has 1 saturated heterocycles. The minimum atomic E-state index is -0.453. The van der Waals surface area contributed by atoms with Gasteiger partial charge >= 0.3 is 0 Å². The molecule has 2 amide bonds. The van der Waals surface area contributed by atoms with Crippen LogP contribution in [-0.4, -0.2) is 41.4 Å². The smallest absolute Gasteiger partial charge is 0.226 e. The lowest BCUT2D eigenvalue weighted by atomic mass is 9.88. The Morgan fingerprint density at radius 1 is 1.55 bits per heavy atom. The highest BCUT2D eigenvalue weighted by molar-refractivity contribution is 7.11. The second-order valence-corrected chi connectivity index (χ2v) is 7.30. The van der Waals surface area contributed by atoms with E-state index in [0.29, 0.717) is 13.2 Å². The molecule has 0 saturated carbocycles. The number of carbonyl (C=O) groups excluding carboxylic acids is 2. The van der Waals surface area contributed by atoms with Crippen molar-refractivity contribution in [3.05, 3.63) is 15.6 Å². The van der Waals surface area contributed by atoms with Crippen LogP contribution in [0.25, 0.3) is 0 Å². The molecule has 1 aliphatic heterocycles. The van der Waals surface area contributed by atoms with E-state index in [1.807, 2.05) is 20.8 Å². The summed E-state index contributed by atoms with van der Waals surface area (Å²) in [6, 6.07) is 0. The van der Waals surface area contributed by atoms with Gasteiger partial charge in [0.05, 0.1) is 24.8 Å². The number of carbonyl (C=O) groups is 2. The Balaban J connectivity index is 2.00. The number of rotatable bonds is 5. The predicted octanol–water partition coefficient (Wildman–Crippen LogP) is 1.47. The summed E-state index contributed by atoms with van der Waals surface area (Å²) in [5.41, 5.74) is 0.460. The maximum Gasteiger partial charge on any atom is 0.226 e. The van der Waals surface area contributed by atoms with Gasteiger partial charge in [-0.1, -0.05) is 0 Å².